The van der Waals surface area contributed by atoms with Gasteiger partial charge in [0.2, 0.25) is 0 Å². The smallest absolute Gasteiger partial charge is 0.251 e. The molecule has 0 bridgehead atoms. The Kier molecular flexibility index (Phi) is 6.29. The van der Waals surface area contributed by atoms with E-state index in [9.17, 15) is 4.79 Å². The summed E-state index contributed by atoms with van der Waals surface area (Å²) in [5.74, 6) is 0.672. The second-order valence-electron chi connectivity index (χ2n) is 6.20. The average molecular weight is 428 g/mol. The van der Waals surface area contributed by atoms with Crippen LogP contribution in [0.3, 0.4) is 0 Å². The molecule has 1 amide bonds. The van der Waals surface area contributed by atoms with Crippen molar-refractivity contribution < 1.29 is 9.53 Å². The number of rotatable bonds is 7. The minimum atomic E-state index is -0.108. The monoisotopic (exact) mass is 427 g/mol. The lowest BCUT2D eigenvalue weighted by atomic mass is 10.1. The standard InChI is InChI=1S/C21H22BrN3O2/c1-3-25-15(2)18(13-24-25)12-23-21(26)17-7-4-6-16(10-17)14-27-20-9-5-8-19(22)11-20/h4-11,13H,3,12,14H2,1-2H3,(H,23,26). The van der Waals surface area contributed by atoms with Gasteiger partial charge in [-0.1, -0.05) is 34.1 Å². The number of nitrogens with zero attached hydrogens (tertiary/aromatic N) is 2. The predicted molar refractivity (Wildman–Crippen MR) is 109 cm³/mol. The molecular formula is C21H22BrN3O2. The molecule has 0 aliphatic heterocycles. The molecule has 140 valence electrons. The molecule has 0 saturated carbocycles. The van der Waals surface area contributed by atoms with Gasteiger partial charge in [-0.15, -0.1) is 0 Å². The Morgan fingerprint density at radius 1 is 1.22 bits per heavy atom. The molecule has 1 heterocycles. The summed E-state index contributed by atoms with van der Waals surface area (Å²) in [5, 5.41) is 7.27. The summed E-state index contributed by atoms with van der Waals surface area (Å²) < 4.78 is 8.68. The fourth-order valence-corrected chi connectivity index (χ4v) is 3.16. The number of aromatic nitrogens is 2. The van der Waals surface area contributed by atoms with E-state index >= 15 is 0 Å². The Morgan fingerprint density at radius 3 is 2.78 bits per heavy atom. The predicted octanol–water partition coefficient (Wildman–Crippen LogP) is 4.48. The van der Waals surface area contributed by atoms with Crippen LogP contribution in [0.2, 0.25) is 0 Å². The summed E-state index contributed by atoms with van der Waals surface area (Å²) in [6.07, 6.45) is 1.81. The molecule has 0 fully saturated rings. The summed E-state index contributed by atoms with van der Waals surface area (Å²) in [6.45, 7) is 5.74. The third kappa shape index (κ3) is 4.98. The molecule has 1 aromatic heterocycles. The van der Waals surface area contributed by atoms with Gasteiger partial charge in [-0.2, -0.15) is 5.10 Å². The Hall–Kier alpha value is -2.60. The minimum Gasteiger partial charge on any atom is -0.489 e. The number of halogens is 1. The molecule has 5 nitrogen and oxygen atoms in total. The maximum atomic E-state index is 12.5. The topological polar surface area (TPSA) is 56.2 Å². The molecule has 0 spiro atoms. The number of hydrogen-bond donors (Lipinski definition) is 1. The van der Waals surface area contributed by atoms with E-state index in [1.165, 1.54) is 0 Å². The van der Waals surface area contributed by atoms with Crippen LogP contribution in [0.5, 0.6) is 5.75 Å². The van der Waals surface area contributed by atoms with E-state index in [-0.39, 0.29) is 5.91 Å². The lowest BCUT2D eigenvalue weighted by Gasteiger charge is -2.09. The van der Waals surface area contributed by atoms with Gasteiger partial charge in [0.25, 0.3) is 5.91 Å². The van der Waals surface area contributed by atoms with Crippen LogP contribution in [0, 0.1) is 6.92 Å². The molecular weight excluding hydrogens is 406 g/mol. The Balaban J connectivity index is 1.60. The van der Waals surface area contributed by atoms with Gasteiger partial charge >= 0.3 is 0 Å². The number of aryl methyl sites for hydroxylation is 1. The second-order valence-corrected chi connectivity index (χ2v) is 7.12. The minimum absolute atomic E-state index is 0.108. The van der Waals surface area contributed by atoms with E-state index in [0.717, 1.165) is 33.6 Å². The lowest BCUT2D eigenvalue weighted by Crippen LogP contribution is -2.23. The zero-order valence-corrected chi connectivity index (χ0v) is 17.0. The van der Waals surface area contributed by atoms with Gasteiger partial charge in [-0.25, -0.2) is 0 Å². The molecule has 3 rings (SSSR count). The zero-order valence-electron chi connectivity index (χ0n) is 15.4. The Morgan fingerprint density at radius 2 is 2.04 bits per heavy atom. The first-order valence-corrected chi connectivity index (χ1v) is 9.63. The molecule has 1 N–H and O–H groups in total. The molecule has 0 radical (unpaired) electrons. The molecule has 0 atom stereocenters. The first kappa shape index (κ1) is 19.2. The van der Waals surface area contributed by atoms with Gasteiger partial charge in [-0.3, -0.25) is 9.48 Å². The van der Waals surface area contributed by atoms with Crippen LogP contribution in [0.1, 0.15) is 34.1 Å². The second kappa shape index (κ2) is 8.86. The molecule has 0 unspecified atom stereocenters. The fourth-order valence-electron chi connectivity index (χ4n) is 2.78. The van der Waals surface area contributed by atoms with Crippen molar-refractivity contribution in [2.45, 2.75) is 33.5 Å². The highest BCUT2D eigenvalue weighted by atomic mass is 79.9. The van der Waals surface area contributed by atoms with Gasteiger partial charge < -0.3 is 10.1 Å². The first-order valence-electron chi connectivity index (χ1n) is 8.83. The summed E-state index contributed by atoms with van der Waals surface area (Å²) in [5.41, 5.74) is 3.66. The van der Waals surface area contributed by atoms with Crippen LogP contribution in [-0.4, -0.2) is 15.7 Å². The maximum Gasteiger partial charge on any atom is 0.251 e. The number of carbonyl (C=O) groups excluding carboxylic acids is 1. The van der Waals surface area contributed by atoms with E-state index in [2.05, 4.69) is 26.3 Å². The lowest BCUT2D eigenvalue weighted by molar-refractivity contribution is 0.0950. The van der Waals surface area contributed by atoms with Crippen LogP contribution < -0.4 is 10.1 Å². The fraction of sp³-hybridized carbons (Fsp3) is 0.238. The van der Waals surface area contributed by atoms with Crippen LogP contribution in [0.25, 0.3) is 0 Å². The number of nitrogens with one attached hydrogen (secondary N) is 1. The van der Waals surface area contributed by atoms with E-state index < -0.39 is 0 Å². The quantitative estimate of drug-likeness (QED) is 0.604. The molecule has 2 aromatic carbocycles. The van der Waals surface area contributed by atoms with Gasteiger partial charge in [0.1, 0.15) is 12.4 Å². The number of carbonyl (C=O) groups is 1. The van der Waals surface area contributed by atoms with Crippen molar-refractivity contribution in [3.05, 3.63) is 81.6 Å². The van der Waals surface area contributed by atoms with Gasteiger partial charge in [-0.05, 0) is 49.7 Å². The third-order valence-corrected chi connectivity index (χ3v) is 4.83. The summed E-state index contributed by atoms with van der Waals surface area (Å²) in [7, 11) is 0. The third-order valence-electron chi connectivity index (χ3n) is 4.33. The highest BCUT2D eigenvalue weighted by Crippen LogP contribution is 2.19. The van der Waals surface area contributed by atoms with Gasteiger partial charge in [0.05, 0.1) is 6.20 Å². The van der Waals surface area contributed by atoms with Gasteiger partial charge in [0.15, 0.2) is 0 Å². The molecule has 0 saturated heterocycles. The van der Waals surface area contributed by atoms with E-state index in [4.69, 9.17) is 4.74 Å². The van der Waals surface area contributed by atoms with E-state index in [1.54, 1.807) is 12.3 Å². The summed E-state index contributed by atoms with van der Waals surface area (Å²) in [4.78, 5) is 12.5. The molecule has 6 heteroatoms. The highest BCUT2D eigenvalue weighted by molar-refractivity contribution is 9.10. The molecule has 0 aliphatic carbocycles. The van der Waals surface area contributed by atoms with Crippen molar-refractivity contribution in [3.8, 4) is 5.75 Å². The van der Waals surface area contributed by atoms with Crippen molar-refractivity contribution >= 4 is 21.8 Å². The Labute approximate surface area is 167 Å². The van der Waals surface area contributed by atoms with Crippen molar-refractivity contribution in [2.75, 3.05) is 0 Å². The number of hydrogen-bond acceptors (Lipinski definition) is 3. The summed E-state index contributed by atoms with van der Waals surface area (Å²) >= 11 is 3.43. The average Bonchev–Trinajstić information content (AvgIpc) is 3.04. The van der Waals surface area contributed by atoms with Crippen molar-refractivity contribution in [1.29, 1.82) is 0 Å². The molecule has 0 aliphatic rings. The van der Waals surface area contributed by atoms with E-state index in [0.29, 0.717) is 18.7 Å². The first-order chi connectivity index (χ1) is 13.1. The van der Waals surface area contributed by atoms with Crippen LogP contribution >= 0.6 is 15.9 Å². The number of benzene rings is 2. The zero-order chi connectivity index (χ0) is 19.2. The highest BCUT2D eigenvalue weighted by Gasteiger charge is 2.10. The molecule has 27 heavy (non-hydrogen) atoms. The Bertz CT molecular complexity index is 937. The van der Waals surface area contributed by atoms with Crippen molar-refractivity contribution in [1.82, 2.24) is 15.1 Å². The SMILES string of the molecule is CCn1ncc(CNC(=O)c2cccc(COc3cccc(Br)c3)c2)c1C. The van der Waals surface area contributed by atoms with Crippen molar-refractivity contribution in [3.63, 3.8) is 0 Å². The number of amides is 1. The normalized spacial score (nSPS) is 10.6. The number of ether oxygens (including phenoxy) is 1. The van der Waals surface area contributed by atoms with Crippen LogP contribution in [0.15, 0.2) is 59.2 Å². The van der Waals surface area contributed by atoms with E-state index in [1.807, 2.05) is 61.0 Å². The van der Waals surface area contributed by atoms with Crippen LogP contribution in [-0.2, 0) is 19.7 Å². The summed E-state index contributed by atoms with van der Waals surface area (Å²) in [6, 6.07) is 15.2. The largest absolute Gasteiger partial charge is 0.489 e. The van der Waals surface area contributed by atoms with Crippen molar-refractivity contribution in [2.24, 2.45) is 0 Å². The van der Waals surface area contributed by atoms with Gasteiger partial charge in [0, 0.05) is 34.4 Å². The molecule has 3 aromatic rings. The van der Waals surface area contributed by atoms with Crippen LogP contribution in [0.4, 0.5) is 0 Å². The maximum absolute atomic E-state index is 12.5.